The van der Waals surface area contributed by atoms with Crippen LogP contribution in [0.4, 0.5) is 0 Å². The third-order valence-electron chi connectivity index (χ3n) is 4.89. The Morgan fingerprint density at radius 1 is 1.00 bits per heavy atom. The van der Waals surface area contributed by atoms with Gasteiger partial charge in [-0.2, -0.15) is 0 Å². The molecule has 4 rings (SSSR count). The van der Waals surface area contributed by atoms with Gasteiger partial charge in [0, 0.05) is 11.5 Å². The number of rotatable bonds is 5. The molecule has 7 nitrogen and oxygen atoms in total. The van der Waals surface area contributed by atoms with E-state index in [-0.39, 0.29) is 18.3 Å². The molecule has 1 atom stereocenters. The van der Waals surface area contributed by atoms with Crippen LogP contribution >= 0.6 is 0 Å². The van der Waals surface area contributed by atoms with Gasteiger partial charge in [-0.15, -0.1) is 5.10 Å². The molecule has 0 unspecified atom stereocenters. The third-order valence-corrected chi connectivity index (χ3v) is 4.89. The van der Waals surface area contributed by atoms with Gasteiger partial charge in [-0.3, -0.25) is 9.89 Å². The first-order valence-electron chi connectivity index (χ1n) is 8.80. The quantitative estimate of drug-likeness (QED) is 0.682. The lowest BCUT2D eigenvalue weighted by Gasteiger charge is -2.23. The van der Waals surface area contributed by atoms with E-state index in [1.165, 1.54) is 0 Å². The van der Waals surface area contributed by atoms with Crippen molar-refractivity contribution < 1.29 is 23.7 Å². The summed E-state index contributed by atoms with van der Waals surface area (Å²) in [5.41, 5.74) is 3.51. The van der Waals surface area contributed by atoms with Crippen molar-refractivity contribution in [3.8, 4) is 34.4 Å². The molecule has 0 spiro atoms. The van der Waals surface area contributed by atoms with E-state index in [0.717, 1.165) is 28.1 Å². The van der Waals surface area contributed by atoms with Crippen molar-refractivity contribution in [2.45, 2.75) is 12.3 Å². The van der Waals surface area contributed by atoms with Gasteiger partial charge in [0.15, 0.2) is 11.5 Å². The molecule has 1 N–H and O–H groups in total. The number of H-pyrrole nitrogens is 1. The molecular weight excluding hydrogens is 360 g/mol. The molecule has 1 aliphatic rings. The molecule has 28 heavy (non-hydrogen) atoms. The van der Waals surface area contributed by atoms with E-state index in [4.69, 9.17) is 18.9 Å². The molecule has 3 aromatic rings. The van der Waals surface area contributed by atoms with Crippen molar-refractivity contribution in [3.05, 3.63) is 53.6 Å². The molecular formula is C21H20N2O5. The highest BCUT2D eigenvalue weighted by atomic mass is 16.5. The molecule has 1 aliphatic heterocycles. The van der Waals surface area contributed by atoms with E-state index in [0.29, 0.717) is 17.4 Å². The zero-order valence-electron chi connectivity index (χ0n) is 15.8. The minimum Gasteiger partial charge on any atom is -0.497 e. The summed E-state index contributed by atoms with van der Waals surface area (Å²) in [6, 6.07) is 13.3. The molecule has 144 valence electrons. The number of aromatic nitrogens is 2. The zero-order chi connectivity index (χ0) is 19.7. The van der Waals surface area contributed by atoms with Crippen molar-refractivity contribution in [2.75, 3.05) is 21.3 Å². The fraction of sp³-hybridized carbons (Fsp3) is 0.238. The van der Waals surface area contributed by atoms with E-state index < -0.39 is 0 Å². The van der Waals surface area contributed by atoms with Crippen LogP contribution in [0.15, 0.2) is 42.5 Å². The molecule has 1 aromatic heterocycles. The summed E-state index contributed by atoms with van der Waals surface area (Å²) in [6.07, 6.45) is 0.213. The number of hydrogen-bond acceptors (Lipinski definition) is 6. The lowest BCUT2D eigenvalue weighted by molar-refractivity contribution is -0.135. The predicted molar refractivity (Wildman–Crippen MR) is 102 cm³/mol. The minimum atomic E-state index is -0.319. The largest absolute Gasteiger partial charge is 0.497 e. The van der Waals surface area contributed by atoms with Gasteiger partial charge in [0.1, 0.15) is 5.75 Å². The van der Waals surface area contributed by atoms with Gasteiger partial charge in [-0.25, -0.2) is 0 Å². The lowest BCUT2D eigenvalue weighted by atomic mass is 9.85. The average molecular weight is 380 g/mol. The van der Waals surface area contributed by atoms with E-state index >= 15 is 0 Å². The molecule has 0 bridgehead atoms. The SMILES string of the molecule is COc1ccc(-c2[nH]nc3c2[C@H](c2ccc(OC)c(OC)c2)CC(=O)O3)cc1. The van der Waals surface area contributed by atoms with Gasteiger partial charge < -0.3 is 18.9 Å². The third kappa shape index (κ3) is 3.05. The number of nitrogens with zero attached hydrogens (tertiary/aromatic N) is 1. The Kier molecular flexibility index (Phi) is 4.65. The van der Waals surface area contributed by atoms with Crippen molar-refractivity contribution in [1.29, 1.82) is 0 Å². The van der Waals surface area contributed by atoms with Gasteiger partial charge >= 0.3 is 5.97 Å². The molecule has 0 saturated carbocycles. The first-order valence-corrected chi connectivity index (χ1v) is 8.80. The van der Waals surface area contributed by atoms with Gasteiger partial charge in [-0.05, 0) is 42.0 Å². The highest BCUT2D eigenvalue weighted by Crippen LogP contribution is 2.44. The Morgan fingerprint density at radius 3 is 2.43 bits per heavy atom. The number of esters is 1. The van der Waals surface area contributed by atoms with Crippen LogP contribution in [0, 0.1) is 0 Å². The molecule has 2 aromatic carbocycles. The highest BCUT2D eigenvalue weighted by Gasteiger charge is 2.34. The van der Waals surface area contributed by atoms with Gasteiger partial charge in [-0.1, -0.05) is 6.07 Å². The predicted octanol–water partition coefficient (Wildman–Crippen LogP) is 3.54. The Labute approximate surface area is 162 Å². The first-order chi connectivity index (χ1) is 13.6. The van der Waals surface area contributed by atoms with Crippen LogP contribution in [0.5, 0.6) is 23.1 Å². The Bertz CT molecular complexity index is 1010. The van der Waals surface area contributed by atoms with Crippen LogP contribution in [0.3, 0.4) is 0 Å². The van der Waals surface area contributed by atoms with Crippen LogP contribution in [0.1, 0.15) is 23.5 Å². The van der Waals surface area contributed by atoms with Crippen molar-refractivity contribution in [3.63, 3.8) is 0 Å². The van der Waals surface area contributed by atoms with Gasteiger partial charge in [0.25, 0.3) is 0 Å². The van der Waals surface area contributed by atoms with Gasteiger partial charge in [0.2, 0.25) is 5.88 Å². The van der Waals surface area contributed by atoms with Crippen LogP contribution in [-0.2, 0) is 4.79 Å². The molecule has 2 heterocycles. The summed E-state index contributed by atoms with van der Waals surface area (Å²) in [4.78, 5) is 12.2. The second-order valence-electron chi connectivity index (χ2n) is 6.39. The van der Waals surface area contributed by atoms with Crippen LogP contribution in [-0.4, -0.2) is 37.5 Å². The maximum absolute atomic E-state index is 12.2. The van der Waals surface area contributed by atoms with E-state index in [1.54, 1.807) is 21.3 Å². The van der Waals surface area contributed by atoms with E-state index in [1.807, 2.05) is 42.5 Å². The standard InChI is InChI=1S/C21H20N2O5/c1-25-14-7-4-12(5-8-14)20-19-15(11-18(24)28-21(19)23-22-20)13-6-9-16(26-2)17(10-13)27-3/h4-10,15H,11H2,1-3H3,(H,22,23)/t15-/m0/s1. The number of aromatic amines is 1. The van der Waals surface area contributed by atoms with Crippen LogP contribution < -0.4 is 18.9 Å². The van der Waals surface area contributed by atoms with Crippen LogP contribution in [0.2, 0.25) is 0 Å². The fourth-order valence-electron chi connectivity index (χ4n) is 3.49. The number of carbonyl (C=O) groups excluding carboxylic acids is 1. The summed E-state index contributed by atoms with van der Waals surface area (Å²) in [5, 5.41) is 7.24. The van der Waals surface area contributed by atoms with E-state index in [2.05, 4.69) is 10.2 Å². The Hall–Kier alpha value is -3.48. The van der Waals surface area contributed by atoms with Crippen LogP contribution in [0.25, 0.3) is 11.3 Å². The van der Waals surface area contributed by atoms with Crippen molar-refractivity contribution in [2.24, 2.45) is 0 Å². The average Bonchev–Trinajstić information content (AvgIpc) is 3.16. The maximum atomic E-state index is 12.2. The monoisotopic (exact) mass is 380 g/mol. The summed E-state index contributed by atoms with van der Waals surface area (Å²) in [6.45, 7) is 0. The minimum absolute atomic E-state index is 0.213. The Morgan fingerprint density at radius 2 is 1.75 bits per heavy atom. The lowest BCUT2D eigenvalue weighted by Crippen LogP contribution is -2.21. The number of carbonyl (C=O) groups is 1. The van der Waals surface area contributed by atoms with Crippen molar-refractivity contribution in [1.82, 2.24) is 10.2 Å². The normalized spacial score (nSPS) is 15.5. The molecule has 0 aliphatic carbocycles. The van der Waals surface area contributed by atoms with Gasteiger partial charge in [0.05, 0.1) is 39.0 Å². The number of methoxy groups -OCH3 is 3. The highest BCUT2D eigenvalue weighted by molar-refractivity contribution is 5.80. The maximum Gasteiger partial charge on any atom is 0.313 e. The zero-order valence-corrected chi connectivity index (χ0v) is 15.8. The second kappa shape index (κ2) is 7.26. The number of ether oxygens (including phenoxy) is 4. The summed E-state index contributed by atoms with van der Waals surface area (Å²) < 4.78 is 21.3. The second-order valence-corrected chi connectivity index (χ2v) is 6.39. The molecule has 0 radical (unpaired) electrons. The smallest absolute Gasteiger partial charge is 0.313 e. The molecule has 7 heteroatoms. The summed E-state index contributed by atoms with van der Waals surface area (Å²) in [5.74, 6) is 1.77. The molecule has 0 amide bonds. The first kappa shape index (κ1) is 17.9. The Balaban J connectivity index is 1.81. The van der Waals surface area contributed by atoms with E-state index in [9.17, 15) is 4.79 Å². The number of nitrogens with one attached hydrogen (secondary N) is 1. The number of fused-ring (bicyclic) bond motifs is 1. The fourth-order valence-corrected chi connectivity index (χ4v) is 3.49. The van der Waals surface area contributed by atoms with Crippen molar-refractivity contribution >= 4 is 5.97 Å². The molecule has 0 saturated heterocycles. The number of hydrogen-bond donors (Lipinski definition) is 1. The summed E-state index contributed by atoms with van der Waals surface area (Å²) in [7, 11) is 4.80. The molecule has 0 fully saturated rings. The number of benzene rings is 2. The topological polar surface area (TPSA) is 82.7 Å². The summed E-state index contributed by atoms with van der Waals surface area (Å²) >= 11 is 0.